The number of aliphatic hydroxyl groups excluding tert-OH is 1. The molecule has 0 atom stereocenters. The molecule has 0 bridgehead atoms. The molecule has 2 aromatic rings. The van der Waals surface area contributed by atoms with Crippen LogP contribution in [-0.4, -0.2) is 103 Å². The molecular formula is C28H47N9O2S. The number of hydrogen-bond donors (Lipinski definition) is 5. The number of methoxy groups -OCH3 is 1. The van der Waals surface area contributed by atoms with Gasteiger partial charge < -0.3 is 41.3 Å². The first kappa shape index (κ1) is 30.3. The maximum atomic E-state index is 9.03. The van der Waals surface area contributed by atoms with Crippen molar-refractivity contribution in [1.82, 2.24) is 19.2 Å². The van der Waals surface area contributed by atoms with Gasteiger partial charge in [-0.15, -0.1) is 0 Å². The van der Waals surface area contributed by atoms with E-state index < -0.39 is 0 Å². The number of nitrogens with zero attached hydrogens (tertiary/aromatic N) is 5. The van der Waals surface area contributed by atoms with E-state index in [1.807, 2.05) is 25.1 Å². The van der Waals surface area contributed by atoms with E-state index in [0.29, 0.717) is 17.8 Å². The standard InChI is InChI=1S/C28H47N9O2S/c1-30-25-26(29)33-28(34-27(25)31-21-8-5-4-6-9-21)32-23-11-10-22(20-24(23)39-3)36-13-15-37(16-14-36)40-19-7-12-35(2)17-18-38/h10-11,20-21,30,38H,4-9,12-19H2,1-3H3,(H4,29,31,32,33,34). The van der Waals surface area contributed by atoms with E-state index in [2.05, 4.69) is 54.2 Å². The van der Waals surface area contributed by atoms with Crippen molar-refractivity contribution in [1.29, 1.82) is 0 Å². The van der Waals surface area contributed by atoms with E-state index in [1.165, 1.54) is 19.3 Å². The van der Waals surface area contributed by atoms with Crippen LogP contribution in [0.4, 0.5) is 34.6 Å². The number of benzene rings is 1. The number of likely N-dealkylation sites (N-methyl/N-ethyl adjacent to an activating group) is 1. The van der Waals surface area contributed by atoms with Crippen molar-refractivity contribution in [2.24, 2.45) is 0 Å². The zero-order valence-electron chi connectivity index (χ0n) is 24.3. The van der Waals surface area contributed by atoms with Gasteiger partial charge in [0.15, 0.2) is 11.6 Å². The van der Waals surface area contributed by atoms with Crippen LogP contribution >= 0.6 is 11.9 Å². The van der Waals surface area contributed by atoms with Crippen LogP contribution < -0.4 is 31.3 Å². The summed E-state index contributed by atoms with van der Waals surface area (Å²) in [6, 6.07) is 6.62. The number of aromatic nitrogens is 2. The van der Waals surface area contributed by atoms with Gasteiger partial charge in [0.05, 0.1) is 19.4 Å². The number of hydrogen-bond acceptors (Lipinski definition) is 12. The smallest absolute Gasteiger partial charge is 0.231 e. The van der Waals surface area contributed by atoms with Crippen molar-refractivity contribution in [3.8, 4) is 5.75 Å². The first-order chi connectivity index (χ1) is 19.5. The third-order valence-corrected chi connectivity index (χ3v) is 8.81. The molecule has 1 aliphatic heterocycles. The molecule has 1 aromatic carbocycles. The van der Waals surface area contributed by atoms with E-state index in [4.69, 9.17) is 20.6 Å². The molecule has 222 valence electrons. The van der Waals surface area contributed by atoms with Crippen molar-refractivity contribution in [2.45, 2.75) is 44.6 Å². The highest BCUT2D eigenvalue weighted by atomic mass is 32.2. The van der Waals surface area contributed by atoms with Gasteiger partial charge in [-0.25, -0.2) is 4.31 Å². The van der Waals surface area contributed by atoms with Gasteiger partial charge in [0.1, 0.15) is 11.4 Å². The van der Waals surface area contributed by atoms with Crippen molar-refractivity contribution in [2.75, 3.05) is 99.4 Å². The molecule has 0 radical (unpaired) electrons. The van der Waals surface area contributed by atoms with Gasteiger partial charge in [0.25, 0.3) is 0 Å². The van der Waals surface area contributed by atoms with Gasteiger partial charge in [-0.05, 0) is 45.0 Å². The zero-order chi connectivity index (χ0) is 28.3. The summed E-state index contributed by atoms with van der Waals surface area (Å²) in [7, 11) is 5.59. The van der Waals surface area contributed by atoms with Crippen LogP contribution in [0.15, 0.2) is 18.2 Å². The Bertz CT molecular complexity index is 1060. The van der Waals surface area contributed by atoms with E-state index in [9.17, 15) is 0 Å². The van der Waals surface area contributed by atoms with Crippen LogP contribution in [0.2, 0.25) is 0 Å². The SMILES string of the molecule is CNc1c(N)nc(Nc2ccc(N3CCN(SCCCN(C)CCO)CC3)cc2OC)nc1NC1CCCCC1. The molecule has 0 unspecified atom stereocenters. The predicted molar refractivity (Wildman–Crippen MR) is 168 cm³/mol. The Morgan fingerprint density at radius 3 is 2.60 bits per heavy atom. The quantitative estimate of drug-likeness (QED) is 0.167. The molecular weight excluding hydrogens is 526 g/mol. The van der Waals surface area contributed by atoms with E-state index in [0.717, 1.165) is 92.9 Å². The highest BCUT2D eigenvalue weighted by molar-refractivity contribution is 7.97. The molecule has 12 heteroatoms. The second-order valence-corrected chi connectivity index (χ2v) is 11.7. The third-order valence-electron chi connectivity index (χ3n) is 7.61. The fraction of sp³-hybridized carbons (Fsp3) is 0.643. The van der Waals surface area contributed by atoms with Crippen molar-refractivity contribution in [3.05, 3.63) is 18.2 Å². The lowest BCUT2D eigenvalue weighted by Gasteiger charge is -2.35. The maximum Gasteiger partial charge on any atom is 0.231 e. The van der Waals surface area contributed by atoms with E-state index in [1.54, 1.807) is 7.11 Å². The van der Waals surface area contributed by atoms with Gasteiger partial charge in [-0.2, -0.15) is 9.97 Å². The molecule has 2 fully saturated rings. The first-order valence-electron chi connectivity index (χ1n) is 14.5. The highest BCUT2D eigenvalue weighted by Gasteiger charge is 2.21. The average molecular weight is 574 g/mol. The summed E-state index contributed by atoms with van der Waals surface area (Å²) in [5.74, 6) is 3.41. The number of piperazine rings is 1. The summed E-state index contributed by atoms with van der Waals surface area (Å²) < 4.78 is 8.22. The molecule has 40 heavy (non-hydrogen) atoms. The van der Waals surface area contributed by atoms with Gasteiger partial charge >= 0.3 is 0 Å². The fourth-order valence-electron chi connectivity index (χ4n) is 5.31. The van der Waals surface area contributed by atoms with E-state index in [-0.39, 0.29) is 6.61 Å². The molecule has 4 rings (SSSR count). The minimum Gasteiger partial charge on any atom is -0.494 e. The van der Waals surface area contributed by atoms with Gasteiger partial charge in [-0.3, -0.25) is 0 Å². The molecule has 1 saturated carbocycles. The first-order valence-corrected chi connectivity index (χ1v) is 15.4. The molecule has 2 aliphatic rings. The van der Waals surface area contributed by atoms with Gasteiger partial charge in [0.2, 0.25) is 5.95 Å². The minimum absolute atomic E-state index is 0.221. The maximum absolute atomic E-state index is 9.03. The average Bonchev–Trinajstić information content (AvgIpc) is 2.96. The number of aliphatic hydroxyl groups is 1. The number of nitrogen functional groups attached to an aromatic ring is 1. The minimum atomic E-state index is 0.221. The number of nitrogens with two attached hydrogens (primary N) is 1. The summed E-state index contributed by atoms with van der Waals surface area (Å²) in [5.41, 5.74) is 8.98. The van der Waals surface area contributed by atoms with Crippen molar-refractivity contribution >= 4 is 46.6 Å². The normalized spacial score (nSPS) is 16.8. The number of nitrogens with one attached hydrogen (secondary N) is 3. The number of anilines is 6. The van der Waals surface area contributed by atoms with Crippen molar-refractivity contribution in [3.63, 3.8) is 0 Å². The lowest BCUT2D eigenvalue weighted by Crippen LogP contribution is -2.43. The van der Waals surface area contributed by atoms with Crippen LogP contribution in [0, 0.1) is 0 Å². The summed E-state index contributed by atoms with van der Waals surface area (Å²) >= 11 is 1.93. The lowest BCUT2D eigenvalue weighted by atomic mass is 9.95. The molecule has 11 nitrogen and oxygen atoms in total. The number of rotatable bonds is 14. The van der Waals surface area contributed by atoms with Gasteiger partial charge in [0, 0.05) is 63.3 Å². The molecule has 6 N–H and O–H groups in total. The highest BCUT2D eigenvalue weighted by Crippen LogP contribution is 2.34. The summed E-state index contributed by atoms with van der Waals surface area (Å²) in [4.78, 5) is 13.9. The summed E-state index contributed by atoms with van der Waals surface area (Å²) in [6.07, 6.45) is 7.17. The Morgan fingerprint density at radius 2 is 1.90 bits per heavy atom. The Balaban J connectivity index is 1.35. The van der Waals surface area contributed by atoms with E-state index >= 15 is 0 Å². The van der Waals surface area contributed by atoms with Crippen LogP contribution in [-0.2, 0) is 0 Å². The molecule has 0 spiro atoms. The zero-order valence-corrected chi connectivity index (χ0v) is 25.1. The van der Waals surface area contributed by atoms with Crippen LogP contribution in [0.1, 0.15) is 38.5 Å². The molecule has 2 heterocycles. The Labute approximate surface area is 243 Å². The molecule has 1 aliphatic carbocycles. The van der Waals surface area contributed by atoms with Crippen LogP contribution in [0.5, 0.6) is 5.75 Å². The summed E-state index contributed by atoms with van der Waals surface area (Å²) in [6.45, 7) is 5.94. The number of ether oxygens (including phenoxy) is 1. The second-order valence-electron chi connectivity index (χ2n) is 10.5. The monoisotopic (exact) mass is 573 g/mol. The predicted octanol–water partition coefficient (Wildman–Crippen LogP) is 3.68. The molecule has 1 aromatic heterocycles. The Morgan fingerprint density at radius 1 is 1.12 bits per heavy atom. The second kappa shape index (κ2) is 15.4. The molecule has 1 saturated heterocycles. The fourth-order valence-corrected chi connectivity index (χ4v) is 6.25. The topological polar surface area (TPSA) is 127 Å². The van der Waals surface area contributed by atoms with Crippen LogP contribution in [0.25, 0.3) is 0 Å². The van der Waals surface area contributed by atoms with Crippen molar-refractivity contribution < 1.29 is 9.84 Å². The largest absolute Gasteiger partial charge is 0.494 e. The van der Waals surface area contributed by atoms with Crippen LogP contribution in [0.3, 0.4) is 0 Å². The Kier molecular flexibility index (Phi) is 11.6. The summed E-state index contributed by atoms with van der Waals surface area (Å²) in [5, 5.41) is 19.1. The van der Waals surface area contributed by atoms with Gasteiger partial charge in [-0.1, -0.05) is 31.2 Å². The Hall–Kier alpha value is -2.67. The lowest BCUT2D eigenvalue weighted by molar-refractivity contribution is 0.222. The third kappa shape index (κ3) is 8.42. The molecule has 0 amide bonds.